The van der Waals surface area contributed by atoms with Crippen molar-refractivity contribution in [2.45, 2.75) is 39.8 Å². The van der Waals surface area contributed by atoms with E-state index in [1.807, 2.05) is 62.4 Å². The second kappa shape index (κ2) is 12.7. The van der Waals surface area contributed by atoms with E-state index >= 15 is 0 Å². The molecule has 222 valence electrons. The summed E-state index contributed by atoms with van der Waals surface area (Å²) in [5.41, 5.74) is 1.93. The molecule has 0 bridgehead atoms. The van der Waals surface area contributed by atoms with Gasteiger partial charge >= 0.3 is 5.97 Å². The average Bonchev–Trinajstić information content (AvgIpc) is 3.29. The van der Waals surface area contributed by atoms with Crippen LogP contribution in [0.15, 0.2) is 88.3 Å². The monoisotopic (exact) mass is 598 g/mol. The fourth-order valence-corrected chi connectivity index (χ4v) is 6.17. The molecule has 0 spiro atoms. The number of thiazole rings is 1. The number of allylic oxidation sites excluding steroid dienone is 1. The first-order valence-electron chi connectivity index (χ1n) is 14.1. The molecule has 1 atom stereocenters. The number of hydrogen-bond acceptors (Lipinski definition) is 8. The number of rotatable bonds is 10. The van der Waals surface area contributed by atoms with Crippen molar-refractivity contribution in [2.75, 3.05) is 20.3 Å². The maximum Gasteiger partial charge on any atom is 0.338 e. The summed E-state index contributed by atoms with van der Waals surface area (Å²) < 4.78 is 25.0. The van der Waals surface area contributed by atoms with Crippen LogP contribution in [0.1, 0.15) is 44.9 Å². The van der Waals surface area contributed by atoms with Gasteiger partial charge in [0.25, 0.3) is 5.56 Å². The Labute approximate surface area is 253 Å². The van der Waals surface area contributed by atoms with Gasteiger partial charge in [-0.3, -0.25) is 9.36 Å². The lowest BCUT2D eigenvalue weighted by molar-refractivity contribution is -0.139. The molecule has 1 aromatic heterocycles. The minimum Gasteiger partial charge on any atom is -0.493 e. The van der Waals surface area contributed by atoms with Crippen LogP contribution in [0, 0.1) is 0 Å². The summed E-state index contributed by atoms with van der Waals surface area (Å²) in [5, 5.41) is 1.96. The second-order valence-electron chi connectivity index (χ2n) is 10.2. The highest BCUT2D eigenvalue weighted by Crippen LogP contribution is 2.37. The largest absolute Gasteiger partial charge is 0.493 e. The molecular formula is C34H34N2O6S. The van der Waals surface area contributed by atoms with Gasteiger partial charge in [0.05, 0.1) is 41.7 Å². The van der Waals surface area contributed by atoms with Gasteiger partial charge in [-0.2, -0.15) is 0 Å². The molecular weight excluding hydrogens is 564 g/mol. The van der Waals surface area contributed by atoms with Crippen LogP contribution in [0.2, 0.25) is 0 Å². The number of carbonyl (C=O) groups excluding carboxylic acids is 1. The summed E-state index contributed by atoms with van der Waals surface area (Å²) in [6, 6.07) is 16.5. The molecule has 0 unspecified atom stereocenters. The van der Waals surface area contributed by atoms with Crippen LogP contribution in [0.4, 0.5) is 0 Å². The fourth-order valence-electron chi connectivity index (χ4n) is 5.14. The maximum atomic E-state index is 14.3. The lowest BCUT2D eigenvalue weighted by Crippen LogP contribution is -2.40. The van der Waals surface area contributed by atoms with E-state index < -0.39 is 12.0 Å². The Hall–Kier alpha value is -4.63. The molecule has 0 amide bonds. The predicted octanol–water partition coefficient (Wildman–Crippen LogP) is 5.31. The first-order chi connectivity index (χ1) is 20.8. The van der Waals surface area contributed by atoms with E-state index in [0.29, 0.717) is 50.0 Å². The lowest BCUT2D eigenvalue weighted by Gasteiger charge is -2.25. The fraction of sp³-hybridized carbons (Fsp3) is 0.265. The van der Waals surface area contributed by atoms with E-state index in [0.717, 1.165) is 16.3 Å². The average molecular weight is 599 g/mol. The van der Waals surface area contributed by atoms with Gasteiger partial charge in [0, 0.05) is 5.56 Å². The van der Waals surface area contributed by atoms with Crippen molar-refractivity contribution >= 4 is 34.2 Å². The summed E-state index contributed by atoms with van der Waals surface area (Å²) in [7, 11) is 1.56. The molecule has 3 aromatic carbocycles. The summed E-state index contributed by atoms with van der Waals surface area (Å²) >= 11 is 1.26. The van der Waals surface area contributed by atoms with Crippen molar-refractivity contribution in [3.63, 3.8) is 0 Å². The molecule has 0 saturated heterocycles. The topological polar surface area (TPSA) is 88.3 Å². The first kappa shape index (κ1) is 29.8. The molecule has 0 saturated carbocycles. The molecule has 0 radical (unpaired) electrons. The Bertz CT molecular complexity index is 1920. The van der Waals surface area contributed by atoms with Gasteiger partial charge in [-0.1, -0.05) is 60.4 Å². The minimum atomic E-state index is -0.788. The van der Waals surface area contributed by atoms with E-state index in [9.17, 15) is 9.59 Å². The molecule has 2 heterocycles. The van der Waals surface area contributed by atoms with E-state index in [1.54, 1.807) is 43.7 Å². The molecule has 1 aliphatic heterocycles. The number of benzene rings is 3. The summed E-state index contributed by atoms with van der Waals surface area (Å²) in [6.07, 6.45) is 3.45. The number of carbonyl (C=O) groups is 1. The van der Waals surface area contributed by atoms with E-state index in [4.69, 9.17) is 23.9 Å². The summed E-state index contributed by atoms with van der Waals surface area (Å²) in [4.78, 5) is 32.8. The Morgan fingerprint density at radius 3 is 2.60 bits per heavy atom. The lowest BCUT2D eigenvalue weighted by atomic mass is 9.95. The van der Waals surface area contributed by atoms with Crippen LogP contribution in [0.3, 0.4) is 0 Å². The van der Waals surface area contributed by atoms with Gasteiger partial charge in [0.1, 0.15) is 12.4 Å². The number of aromatic nitrogens is 1. The van der Waals surface area contributed by atoms with Crippen LogP contribution in [0.5, 0.6) is 17.2 Å². The number of ether oxygens (including phenoxy) is 4. The van der Waals surface area contributed by atoms with Gasteiger partial charge in [-0.25, -0.2) is 9.79 Å². The van der Waals surface area contributed by atoms with Crippen molar-refractivity contribution in [3.8, 4) is 17.2 Å². The highest BCUT2D eigenvalue weighted by Gasteiger charge is 2.34. The maximum absolute atomic E-state index is 14.3. The molecule has 8 nitrogen and oxygen atoms in total. The highest BCUT2D eigenvalue weighted by atomic mass is 32.1. The van der Waals surface area contributed by atoms with Gasteiger partial charge in [0.15, 0.2) is 16.3 Å². The highest BCUT2D eigenvalue weighted by molar-refractivity contribution is 7.07. The van der Waals surface area contributed by atoms with Gasteiger partial charge in [0.2, 0.25) is 0 Å². The molecule has 43 heavy (non-hydrogen) atoms. The van der Waals surface area contributed by atoms with Gasteiger partial charge < -0.3 is 18.9 Å². The third kappa shape index (κ3) is 5.85. The SMILES string of the molecule is C=CCOc1ccc2ccccc2c1/C=c1/sc2n(c1=O)[C@@H](c1ccc(OC(C)C)c(OC)c1)C(C(=O)OCC)=C(C)N=2. The number of hydrogen-bond donors (Lipinski definition) is 0. The smallest absolute Gasteiger partial charge is 0.338 e. The molecule has 1 aliphatic rings. The number of fused-ring (bicyclic) bond motifs is 2. The van der Waals surface area contributed by atoms with Crippen LogP contribution in [0.25, 0.3) is 16.8 Å². The third-order valence-corrected chi connectivity index (χ3v) is 7.93. The van der Waals surface area contributed by atoms with Crippen molar-refractivity contribution < 1.29 is 23.7 Å². The standard InChI is InChI=1S/C34H34N2O6S/c1-7-17-41-26-15-13-22-11-9-10-12-24(22)25(26)19-29-32(37)36-31(23-14-16-27(42-20(3)4)28(18-23)39-6)30(33(38)40-8-2)21(5)35-34(36)43-29/h7,9-16,18-20,31H,1,8,17H2,2-6H3/b29-19+/t31-/m0/s1. The zero-order valence-corrected chi connectivity index (χ0v) is 25.7. The Morgan fingerprint density at radius 2 is 1.88 bits per heavy atom. The third-order valence-electron chi connectivity index (χ3n) is 6.95. The molecule has 0 aliphatic carbocycles. The first-order valence-corrected chi connectivity index (χ1v) is 14.9. The Kier molecular flexibility index (Phi) is 8.82. The van der Waals surface area contributed by atoms with E-state index in [-0.39, 0.29) is 18.3 Å². The second-order valence-corrected chi connectivity index (χ2v) is 11.2. The zero-order valence-electron chi connectivity index (χ0n) is 24.9. The molecule has 0 fully saturated rings. The van der Waals surface area contributed by atoms with E-state index in [1.165, 1.54) is 11.3 Å². The zero-order chi connectivity index (χ0) is 30.7. The van der Waals surface area contributed by atoms with Crippen molar-refractivity contribution in [1.82, 2.24) is 4.57 Å². The Morgan fingerprint density at radius 1 is 1.12 bits per heavy atom. The molecule has 4 aromatic rings. The van der Waals surface area contributed by atoms with Crippen LogP contribution in [-0.4, -0.2) is 37.0 Å². The van der Waals surface area contributed by atoms with Crippen molar-refractivity contribution in [3.05, 3.63) is 109 Å². The van der Waals surface area contributed by atoms with Gasteiger partial charge in [-0.15, -0.1) is 0 Å². The normalized spacial score (nSPS) is 14.8. The van der Waals surface area contributed by atoms with Crippen molar-refractivity contribution in [2.24, 2.45) is 4.99 Å². The summed E-state index contributed by atoms with van der Waals surface area (Å²) in [6.45, 7) is 11.6. The van der Waals surface area contributed by atoms with Crippen LogP contribution in [-0.2, 0) is 9.53 Å². The molecule has 5 rings (SSSR count). The molecule has 0 N–H and O–H groups in total. The van der Waals surface area contributed by atoms with Crippen LogP contribution < -0.4 is 29.1 Å². The number of methoxy groups -OCH3 is 1. The Balaban J connectivity index is 1.75. The minimum absolute atomic E-state index is 0.0657. The van der Waals surface area contributed by atoms with E-state index in [2.05, 4.69) is 6.58 Å². The number of esters is 1. The van der Waals surface area contributed by atoms with Crippen molar-refractivity contribution in [1.29, 1.82) is 0 Å². The summed E-state index contributed by atoms with van der Waals surface area (Å²) in [5.74, 6) is 1.16. The van der Waals surface area contributed by atoms with Gasteiger partial charge in [-0.05, 0) is 68.3 Å². The van der Waals surface area contributed by atoms with Crippen LogP contribution >= 0.6 is 11.3 Å². The number of nitrogens with zero attached hydrogens (tertiary/aromatic N) is 2. The predicted molar refractivity (Wildman–Crippen MR) is 169 cm³/mol. The molecule has 9 heteroatoms. The quantitative estimate of drug-likeness (QED) is 0.182.